The third kappa shape index (κ3) is 4.61. The molecule has 134 valence electrons. The fourth-order valence-corrected chi connectivity index (χ4v) is 4.53. The Morgan fingerprint density at radius 2 is 1.88 bits per heavy atom. The second kappa shape index (κ2) is 9.01. The number of amides is 1. The van der Waals surface area contributed by atoms with Gasteiger partial charge in [-0.1, -0.05) is 37.5 Å². The Labute approximate surface area is 151 Å². The van der Waals surface area contributed by atoms with E-state index in [0.717, 1.165) is 18.2 Å². The van der Waals surface area contributed by atoms with Crippen LogP contribution in [-0.4, -0.2) is 36.5 Å². The molecule has 0 unspecified atom stereocenters. The van der Waals surface area contributed by atoms with Crippen LogP contribution < -0.4 is 4.90 Å². The maximum Gasteiger partial charge on any atom is 0.241 e. The van der Waals surface area contributed by atoms with Gasteiger partial charge in [-0.05, 0) is 50.3 Å². The van der Waals surface area contributed by atoms with Gasteiger partial charge in [-0.2, -0.15) is 5.26 Å². The predicted octanol–water partition coefficient (Wildman–Crippen LogP) is 3.98. The number of carbonyl (C=O) groups excluding carboxylic acids is 1. The van der Waals surface area contributed by atoms with Crippen LogP contribution in [0.1, 0.15) is 51.4 Å². The summed E-state index contributed by atoms with van der Waals surface area (Å²) >= 11 is 0. The van der Waals surface area contributed by atoms with Crippen molar-refractivity contribution in [3.8, 4) is 6.07 Å². The maximum absolute atomic E-state index is 13.0. The minimum atomic E-state index is 0.129. The van der Waals surface area contributed by atoms with E-state index in [1.165, 1.54) is 44.9 Å². The van der Waals surface area contributed by atoms with Crippen molar-refractivity contribution in [1.29, 1.82) is 5.26 Å². The zero-order valence-corrected chi connectivity index (χ0v) is 15.1. The Morgan fingerprint density at radius 1 is 1.12 bits per heavy atom. The average Bonchev–Trinajstić information content (AvgIpc) is 3.12. The molecule has 0 radical (unpaired) electrons. The van der Waals surface area contributed by atoms with Gasteiger partial charge in [-0.3, -0.25) is 9.69 Å². The number of anilines is 1. The van der Waals surface area contributed by atoms with Gasteiger partial charge in [0.15, 0.2) is 0 Å². The first-order valence-electron chi connectivity index (χ1n) is 9.76. The number of carbonyl (C=O) groups is 1. The standard InChI is InChI=1S/C21H29N3O/c22-14-8-16-24(19-11-5-2-6-12-19)21(25)17-23-15-7-13-20(23)18-9-3-1-4-10-18/h2,5-6,11-12,18,20H,1,3-4,7-10,13,15-17H2/t20-/m1/s1. The van der Waals surface area contributed by atoms with Crippen LogP contribution in [0.5, 0.6) is 0 Å². The van der Waals surface area contributed by atoms with Crippen molar-refractivity contribution in [2.45, 2.75) is 57.4 Å². The molecule has 1 heterocycles. The van der Waals surface area contributed by atoms with Crippen LogP contribution >= 0.6 is 0 Å². The highest BCUT2D eigenvalue weighted by atomic mass is 16.2. The first kappa shape index (κ1) is 17.9. The third-order valence-corrected chi connectivity index (χ3v) is 5.76. The van der Waals surface area contributed by atoms with E-state index in [0.29, 0.717) is 25.6 Å². The first-order chi connectivity index (χ1) is 12.3. The first-order valence-corrected chi connectivity index (χ1v) is 9.76. The predicted molar refractivity (Wildman–Crippen MR) is 100 cm³/mol. The SMILES string of the molecule is N#CCCN(C(=O)CN1CCC[C@@H]1C1CCCCC1)c1ccccc1. The minimum absolute atomic E-state index is 0.129. The fraction of sp³-hybridized carbons (Fsp3) is 0.619. The number of rotatable bonds is 6. The molecule has 4 heteroatoms. The zero-order chi connectivity index (χ0) is 17.5. The highest BCUT2D eigenvalue weighted by molar-refractivity contribution is 5.94. The van der Waals surface area contributed by atoms with Crippen molar-refractivity contribution in [1.82, 2.24) is 4.90 Å². The minimum Gasteiger partial charge on any atom is -0.310 e. The summed E-state index contributed by atoms with van der Waals surface area (Å²) in [5.41, 5.74) is 0.899. The normalized spacial score (nSPS) is 21.8. The molecule has 2 aliphatic rings. The van der Waals surface area contributed by atoms with Crippen LogP contribution in [-0.2, 0) is 4.79 Å². The Bertz CT molecular complexity index is 589. The van der Waals surface area contributed by atoms with E-state index in [4.69, 9.17) is 5.26 Å². The molecule has 0 aromatic heterocycles. The molecule has 1 amide bonds. The van der Waals surface area contributed by atoms with Crippen molar-refractivity contribution in [2.24, 2.45) is 5.92 Å². The Balaban J connectivity index is 1.66. The van der Waals surface area contributed by atoms with E-state index in [9.17, 15) is 4.79 Å². The largest absolute Gasteiger partial charge is 0.310 e. The van der Waals surface area contributed by atoms with Gasteiger partial charge in [0.1, 0.15) is 0 Å². The number of nitriles is 1. The van der Waals surface area contributed by atoms with E-state index < -0.39 is 0 Å². The van der Waals surface area contributed by atoms with Crippen LogP contribution in [0.4, 0.5) is 5.69 Å². The maximum atomic E-state index is 13.0. The molecule has 1 aliphatic carbocycles. The van der Waals surface area contributed by atoms with Gasteiger partial charge in [-0.15, -0.1) is 0 Å². The van der Waals surface area contributed by atoms with Crippen LogP contribution in [0, 0.1) is 17.2 Å². The summed E-state index contributed by atoms with van der Waals surface area (Å²) in [5, 5.41) is 8.94. The summed E-state index contributed by atoms with van der Waals surface area (Å²) < 4.78 is 0. The highest BCUT2D eigenvalue weighted by Crippen LogP contribution is 2.34. The van der Waals surface area contributed by atoms with Gasteiger partial charge in [0, 0.05) is 18.3 Å². The number of benzene rings is 1. The van der Waals surface area contributed by atoms with E-state index in [1.807, 2.05) is 30.3 Å². The van der Waals surface area contributed by atoms with Crippen LogP contribution in [0.15, 0.2) is 30.3 Å². The molecule has 1 aromatic carbocycles. The quantitative estimate of drug-likeness (QED) is 0.787. The molecule has 0 bridgehead atoms. The molecule has 3 rings (SSSR count). The summed E-state index contributed by atoms with van der Waals surface area (Å²) in [5.74, 6) is 0.900. The van der Waals surface area contributed by atoms with Gasteiger partial charge >= 0.3 is 0 Å². The Morgan fingerprint density at radius 3 is 2.60 bits per heavy atom. The summed E-state index contributed by atoms with van der Waals surface area (Å²) in [6, 6.07) is 12.5. The lowest BCUT2D eigenvalue weighted by Crippen LogP contribution is -2.45. The van der Waals surface area contributed by atoms with E-state index >= 15 is 0 Å². The van der Waals surface area contributed by atoms with Crippen LogP contribution in [0.3, 0.4) is 0 Å². The lowest BCUT2D eigenvalue weighted by Gasteiger charge is -2.34. The summed E-state index contributed by atoms with van der Waals surface area (Å²) in [4.78, 5) is 17.2. The van der Waals surface area contributed by atoms with Gasteiger partial charge in [0.25, 0.3) is 0 Å². The monoisotopic (exact) mass is 339 g/mol. The molecule has 0 spiro atoms. The Hall–Kier alpha value is -1.86. The number of hydrogen-bond donors (Lipinski definition) is 0. The second-order valence-corrected chi connectivity index (χ2v) is 7.37. The number of likely N-dealkylation sites (tertiary alicyclic amines) is 1. The topological polar surface area (TPSA) is 47.3 Å². The summed E-state index contributed by atoms with van der Waals surface area (Å²) in [7, 11) is 0. The number of hydrogen-bond acceptors (Lipinski definition) is 3. The van der Waals surface area contributed by atoms with Crippen molar-refractivity contribution >= 4 is 11.6 Å². The highest BCUT2D eigenvalue weighted by Gasteiger charge is 2.34. The van der Waals surface area contributed by atoms with Gasteiger partial charge in [0.05, 0.1) is 19.0 Å². The van der Waals surface area contributed by atoms with Crippen molar-refractivity contribution in [2.75, 3.05) is 24.5 Å². The summed E-state index contributed by atoms with van der Waals surface area (Å²) in [6.45, 7) is 2.00. The summed E-state index contributed by atoms with van der Waals surface area (Å²) in [6.07, 6.45) is 9.53. The lowest BCUT2D eigenvalue weighted by molar-refractivity contribution is -0.120. The van der Waals surface area contributed by atoms with Crippen molar-refractivity contribution in [3.05, 3.63) is 30.3 Å². The molecular weight excluding hydrogens is 310 g/mol. The Kier molecular flexibility index (Phi) is 6.47. The lowest BCUT2D eigenvalue weighted by atomic mass is 9.83. The molecule has 4 nitrogen and oxygen atoms in total. The molecule has 25 heavy (non-hydrogen) atoms. The molecule has 1 aromatic rings. The molecule has 1 saturated heterocycles. The molecule has 2 fully saturated rings. The van der Waals surface area contributed by atoms with E-state index in [2.05, 4.69) is 11.0 Å². The number of nitrogens with zero attached hydrogens (tertiary/aromatic N) is 3. The molecule has 1 aliphatic heterocycles. The molecule has 1 saturated carbocycles. The molecular formula is C21H29N3O. The molecule has 0 N–H and O–H groups in total. The van der Waals surface area contributed by atoms with Gasteiger partial charge in [0.2, 0.25) is 5.91 Å². The van der Waals surface area contributed by atoms with E-state index in [-0.39, 0.29) is 5.91 Å². The van der Waals surface area contributed by atoms with Crippen molar-refractivity contribution < 1.29 is 4.79 Å². The van der Waals surface area contributed by atoms with Crippen LogP contribution in [0.25, 0.3) is 0 Å². The zero-order valence-electron chi connectivity index (χ0n) is 15.1. The molecule has 1 atom stereocenters. The van der Waals surface area contributed by atoms with E-state index in [1.54, 1.807) is 4.90 Å². The van der Waals surface area contributed by atoms with Gasteiger partial charge in [-0.25, -0.2) is 0 Å². The number of para-hydroxylation sites is 1. The fourth-order valence-electron chi connectivity index (χ4n) is 4.53. The second-order valence-electron chi connectivity index (χ2n) is 7.37. The van der Waals surface area contributed by atoms with Gasteiger partial charge < -0.3 is 4.90 Å². The smallest absolute Gasteiger partial charge is 0.241 e. The van der Waals surface area contributed by atoms with Crippen LogP contribution in [0.2, 0.25) is 0 Å². The average molecular weight is 339 g/mol. The third-order valence-electron chi connectivity index (χ3n) is 5.76. The van der Waals surface area contributed by atoms with Crippen molar-refractivity contribution in [3.63, 3.8) is 0 Å².